The number of rotatable bonds is 3. The molecule has 0 aromatic carbocycles. The number of likely N-dealkylation sites (tertiary alicyclic amines) is 1. The summed E-state index contributed by atoms with van der Waals surface area (Å²) in [4.78, 5) is 23.3. The Balaban J connectivity index is 2.32. The highest BCUT2D eigenvalue weighted by molar-refractivity contribution is 5.87. The van der Waals surface area contributed by atoms with Crippen LogP contribution in [0.1, 0.15) is 13.3 Å². The summed E-state index contributed by atoms with van der Waals surface area (Å²) in [6.07, 6.45) is 2.17. The molecule has 1 heterocycles. The molecule has 1 rings (SSSR count). The third kappa shape index (κ3) is 2.31. The summed E-state index contributed by atoms with van der Waals surface area (Å²) in [6, 6.07) is 0.0504. The standard InChI is InChI=1S/C9H13NO3/c1-3-9(12)10-5-4-8(10)6-13-7(2)11/h3,8H,1,4-6H2,2H3/t8-/m0/s1. The lowest BCUT2D eigenvalue weighted by Gasteiger charge is -2.39. The van der Waals surface area contributed by atoms with Crippen molar-refractivity contribution in [3.05, 3.63) is 12.7 Å². The van der Waals surface area contributed by atoms with Crippen LogP contribution in [0, 0.1) is 0 Å². The van der Waals surface area contributed by atoms with Crippen LogP contribution >= 0.6 is 0 Å². The zero-order chi connectivity index (χ0) is 9.84. The van der Waals surface area contributed by atoms with Crippen molar-refractivity contribution >= 4 is 11.9 Å². The minimum atomic E-state index is -0.307. The van der Waals surface area contributed by atoms with E-state index >= 15 is 0 Å². The number of ether oxygens (including phenoxy) is 1. The molecule has 0 saturated carbocycles. The maximum absolute atomic E-state index is 11.1. The first kappa shape index (κ1) is 9.77. The number of esters is 1. The van der Waals surface area contributed by atoms with Gasteiger partial charge in [0.1, 0.15) is 6.61 Å². The van der Waals surface area contributed by atoms with Gasteiger partial charge in [0.2, 0.25) is 5.91 Å². The van der Waals surface area contributed by atoms with E-state index in [9.17, 15) is 9.59 Å². The van der Waals surface area contributed by atoms with E-state index in [1.54, 1.807) is 4.90 Å². The lowest BCUT2D eigenvalue weighted by Crippen LogP contribution is -2.52. The van der Waals surface area contributed by atoms with Crippen LogP contribution in [0.25, 0.3) is 0 Å². The van der Waals surface area contributed by atoms with Gasteiger partial charge in [-0.15, -0.1) is 0 Å². The van der Waals surface area contributed by atoms with Crippen molar-refractivity contribution in [1.29, 1.82) is 0 Å². The molecule has 1 fully saturated rings. The number of carbonyl (C=O) groups is 2. The molecule has 4 heteroatoms. The SMILES string of the molecule is C=CC(=O)N1CC[C@H]1COC(C)=O. The molecule has 4 nitrogen and oxygen atoms in total. The summed E-state index contributed by atoms with van der Waals surface area (Å²) in [5.41, 5.74) is 0. The predicted molar refractivity (Wildman–Crippen MR) is 46.9 cm³/mol. The van der Waals surface area contributed by atoms with E-state index in [0.717, 1.165) is 13.0 Å². The highest BCUT2D eigenvalue weighted by Gasteiger charge is 2.31. The molecule has 1 atom stereocenters. The Morgan fingerprint density at radius 2 is 2.38 bits per heavy atom. The predicted octanol–water partition coefficient (Wildman–Crippen LogP) is 0.336. The van der Waals surface area contributed by atoms with E-state index in [0.29, 0.717) is 6.61 Å². The molecule has 1 aliphatic heterocycles. The second-order valence-corrected chi connectivity index (χ2v) is 2.98. The molecule has 1 saturated heterocycles. The molecule has 72 valence electrons. The Bertz CT molecular complexity index is 237. The second-order valence-electron chi connectivity index (χ2n) is 2.98. The fraction of sp³-hybridized carbons (Fsp3) is 0.556. The summed E-state index contributed by atoms with van der Waals surface area (Å²) in [5.74, 6) is -0.402. The van der Waals surface area contributed by atoms with Crippen molar-refractivity contribution in [3.8, 4) is 0 Å². The van der Waals surface area contributed by atoms with Crippen LogP contribution in [0.3, 0.4) is 0 Å². The van der Waals surface area contributed by atoms with Crippen molar-refractivity contribution in [1.82, 2.24) is 4.90 Å². The second kappa shape index (κ2) is 4.07. The van der Waals surface area contributed by atoms with E-state index in [2.05, 4.69) is 6.58 Å². The fourth-order valence-corrected chi connectivity index (χ4v) is 1.24. The Labute approximate surface area is 77.2 Å². The molecule has 0 unspecified atom stereocenters. The van der Waals surface area contributed by atoms with Crippen LogP contribution in [0.2, 0.25) is 0 Å². The first-order chi connectivity index (χ1) is 6.15. The van der Waals surface area contributed by atoms with E-state index in [1.807, 2.05) is 0 Å². The van der Waals surface area contributed by atoms with Crippen molar-refractivity contribution < 1.29 is 14.3 Å². The van der Waals surface area contributed by atoms with Gasteiger partial charge in [-0.05, 0) is 12.5 Å². The summed E-state index contributed by atoms with van der Waals surface area (Å²) in [7, 11) is 0. The Hall–Kier alpha value is -1.32. The molecule has 0 spiro atoms. The van der Waals surface area contributed by atoms with E-state index in [4.69, 9.17) is 4.74 Å². The first-order valence-electron chi connectivity index (χ1n) is 4.21. The topological polar surface area (TPSA) is 46.6 Å². The molecule has 1 aliphatic rings. The van der Waals surface area contributed by atoms with Crippen LogP contribution in [0.15, 0.2) is 12.7 Å². The molecular formula is C9H13NO3. The van der Waals surface area contributed by atoms with Gasteiger partial charge in [-0.3, -0.25) is 9.59 Å². The fourth-order valence-electron chi connectivity index (χ4n) is 1.24. The largest absolute Gasteiger partial charge is 0.464 e. The molecule has 0 aromatic rings. The molecule has 0 N–H and O–H groups in total. The Kier molecular flexibility index (Phi) is 3.06. The van der Waals surface area contributed by atoms with Gasteiger partial charge in [-0.1, -0.05) is 6.58 Å². The molecular weight excluding hydrogens is 170 g/mol. The third-order valence-corrected chi connectivity index (χ3v) is 2.08. The van der Waals surface area contributed by atoms with Gasteiger partial charge in [-0.2, -0.15) is 0 Å². The van der Waals surface area contributed by atoms with Crippen LogP contribution in [-0.4, -0.2) is 36.0 Å². The maximum Gasteiger partial charge on any atom is 0.302 e. The summed E-state index contributed by atoms with van der Waals surface area (Å²) in [5, 5.41) is 0. The van der Waals surface area contributed by atoms with Gasteiger partial charge in [0.25, 0.3) is 0 Å². The van der Waals surface area contributed by atoms with E-state index in [1.165, 1.54) is 13.0 Å². The molecule has 0 radical (unpaired) electrons. The number of carbonyl (C=O) groups excluding carboxylic acids is 2. The van der Waals surface area contributed by atoms with Gasteiger partial charge in [0, 0.05) is 13.5 Å². The number of amides is 1. The average Bonchev–Trinajstić information content (AvgIpc) is 2.01. The third-order valence-electron chi connectivity index (χ3n) is 2.08. The molecule has 0 aromatic heterocycles. The number of hydrogen-bond donors (Lipinski definition) is 0. The summed E-state index contributed by atoms with van der Waals surface area (Å²) < 4.78 is 4.80. The average molecular weight is 183 g/mol. The van der Waals surface area contributed by atoms with Gasteiger partial charge in [0.05, 0.1) is 6.04 Å². The number of hydrogen-bond acceptors (Lipinski definition) is 3. The zero-order valence-corrected chi connectivity index (χ0v) is 7.66. The van der Waals surface area contributed by atoms with Gasteiger partial charge in [0.15, 0.2) is 0 Å². The molecule has 0 bridgehead atoms. The lowest BCUT2D eigenvalue weighted by atomic mass is 10.0. The highest BCUT2D eigenvalue weighted by atomic mass is 16.5. The smallest absolute Gasteiger partial charge is 0.302 e. The lowest BCUT2D eigenvalue weighted by molar-refractivity contribution is -0.148. The summed E-state index contributed by atoms with van der Waals surface area (Å²) in [6.45, 7) is 5.79. The Morgan fingerprint density at radius 3 is 2.77 bits per heavy atom. The van der Waals surface area contributed by atoms with Crippen molar-refractivity contribution in [2.24, 2.45) is 0 Å². The van der Waals surface area contributed by atoms with Crippen LogP contribution in [-0.2, 0) is 14.3 Å². The van der Waals surface area contributed by atoms with Crippen molar-refractivity contribution in [3.63, 3.8) is 0 Å². The maximum atomic E-state index is 11.1. The van der Waals surface area contributed by atoms with Crippen LogP contribution in [0.5, 0.6) is 0 Å². The zero-order valence-electron chi connectivity index (χ0n) is 7.66. The quantitative estimate of drug-likeness (QED) is 0.468. The van der Waals surface area contributed by atoms with E-state index < -0.39 is 0 Å². The minimum absolute atomic E-state index is 0.0504. The number of nitrogens with zero attached hydrogens (tertiary/aromatic N) is 1. The van der Waals surface area contributed by atoms with Gasteiger partial charge in [-0.25, -0.2) is 0 Å². The van der Waals surface area contributed by atoms with Crippen LogP contribution < -0.4 is 0 Å². The highest BCUT2D eigenvalue weighted by Crippen LogP contribution is 2.17. The van der Waals surface area contributed by atoms with Crippen molar-refractivity contribution in [2.75, 3.05) is 13.2 Å². The molecule has 1 amide bonds. The summed E-state index contributed by atoms with van der Waals surface area (Å²) >= 11 is 0. The first-order valence-corrected chi connectivity index (χ1v) is 4.21. The van der Waals surface area contributed by atoms with Crippen LogP contribution in [0.4, 0.5) is 0 Å². The molecule has 13 heavy (non-hydrogen) atoms. The normalized spacial score (nSPS) is 20.4. The minimum Gasteiger partial charge on any atom is -0.464 e. The van der Waals surface area contributed by atoms with Gasteiger partial charge >= 0.3 is 5.97 Å². The van der Waals surface area contributed by atoms with Crippen molar-refractivity contribution in [2.45, 2.75) is 19.4 Å². The van der Waals surface area contributed by atoms with Gasteiger partial charge < -0.3 is 9.64 Å². The Morgan fingerprint density at radius 1 is 1.69 bits per heavy atom. The molecule has 0 aliphatic carbocycles. The monoisotopic (exact) mass is 183 g/mol. The van der Waals surface area contributed by atoms with E-state index in [-0.39, 0.29) is 17.9 Å².